The predicted octanol–water partition coefficient (Wildman–Crippen LogP) is 0.454. The number of nitrogens with zero attached hydrogens (tertiary/aromatic N) is 3. The second-order valence-electron chi connectivity index (χ2n) is 7.05. The Morgan fingerprint density at radius 1 is 1.36 bits per heavy atom. The molecule has 2 fully saturated rings. The Hall–Kier alpha value is -1.93. The van der Waals surface area contributed by atoms with Crippen LogP contribution in [-0.2, 0) is 9.59 Å². The molecule has 1 aromatic heterocycles. The predicted molar refractivity (Wildman–Crippen MR) is 93.1 cm³/mol. The van der Waals surface area contributed by atoms with Crippen LogP contribution in [0.2, 0.25) is 0 Å². The lowest BCUT2D eigenvalue weighted by Crippen LogP contribution is -2.53. The van der Waals surface area contributed by atoms with Crippen LogP contribution < -0.4 is 10.6 Å². The first-order chi connectivity index (χ1) is 12.0. The summed E-state index contributed by atoms with van der Waals surface area (Å²) in [5.74, 6) is 1.41. The van der Waals surface area contributed by atoms with Gasteiger partial charge in [-0.3, -0.25) is 14.5 Å². The van der Waals surface area contributed by atoms with E-state index in [-0.39, 0.29) is 17.7 Å². The fraction of sp³-hybridized carbons (Fsp3) is 0.706. The molecule has 2 saturated heterocycles. The number of carbonyl (C=O) groups is 2. The highest BCUT2D eigenvalue weighted by Crippen LogP contribution is 2.19. The van der Waals surface area contributed by atoms with E-state index < -0.39 is 0 Å². The van der Waals surface area contributed by atoms with Crippen molar-refractivity contribution in [3.05, 3.63) is 11.8 Å². The summed E-state index contributed by atoms with van der Waals surface area (Å²) in [5, 5.41) is 9.87. The Balaban J connectivity index is 1.42. The first-order valence-corrected chi connectivity index (χ1v) is 8.99. The van der Waals surface area contributed by atoms with Gasteiger partial charge in [0.15, 0.2) is 5.82 Å². The van der Waals surface area contributed by atoms with Gasteiger partial charge in [-0.15, -0.1) is 0 Å². The molecule has 0 bridgehead atoms. The number of amides is 2. The summed E-state index contributed by atoms with van der Waals surface area (Å²) in [5.41, 5.74) is 0. The molecule has 0 aromatic carbocycles. The summed E-state index contributed by atoms with van der Waals surface area (Å²) in [7, 11) is 0. The van der Waals surface area contributed by atoms with Gasteiger partial charge in [-0.25, -0.2) is 0 Å². The average molecular weight is 349 g/mol. The van der Waals surface area contributed by atoms with Crippen LogP contribution in [0.3, 0.4) is 0 Å². The van der Waals surface area contributed by atoms with Crippen molar-refractivity contribution >= 4 is 17.6 Å². The maximum absolute atomic E-state index is 12.7. The number of rotatable bonds is 4. The Morgan fingerprint density at radius 2 is 2.12 bits per heavy atom. The van der Waals surface area contributed by atoms with E-state index in [2.05, 4.69) is 27.6 Å². The van der Waals surface area contributed by atoms with Gasteiger partial charge in [-0.2, -0.15) is 0 Å². The lowest BCUT2D eigenvalue weighted by atomic mass is 9.92. The minimum atomic E-state index is -0.111. The minimum Gasteiger partial charge on any atom is -0.360 e. The number of piperidine rings is 1. The summed E-state index contributed by atoms with van der Waals surface area (Å²) >= 11 is 0. The molecule has 1 aromatic rings. The first-order valence-electron chi connectivity index (χ1n) is 8.99. The highest BCUT2D eigenvalue weighted by atomic mass is 16.5. The van der Waals surface area contributed by atoms with E-state index >= 15 is 0 Å². The Morgan fingerprint density at radius 3 is 2.76 bits per heavy atom. The topological polar surface area (TPSA) is 90.7 Å². The maximum atomic E-state index is 12.7. The second-order valence-corrected chi connectivity index (χ2v) is 7.05. The Labute approximate surface area is 147 Å². The third kappa shape index (κ3) is 4.79. The molecular weight excluding hydrogens is 322 g/mol. The Bertz CT molecular complexity index is 609. The fourth-order valence-electron chi connectivity index (χ4n) is 3.55. The molecule has 138 valence electrons. The first kappa shape index (κ1) is 17.9. The molecule has 0 spiro atoms. The molecule has 2 aliphatic rings. The summed E-state index contributed by atoms with van der Waals surface area (Å²) in [6.45, 7) is 7.95. The maximum Gasteiger partial charge on any atom is 0.239 e. The number of anilines is 1. The fourth-order valence-corrected chi connectivity index (χ4v) is 3.55. The summed E-state index contributed by atoms with van der Waals surface area (Å²) in [4.78, 5) is 28.7. The van der Waals surface area contributed by atoms with Crippen LogP contribution in [-0.4, -0.2) is 72.1 Å². The van der Waals surface area contributed by atoms with E-state index in [0.29, 0.717) is 37.3 Å². The number of aryl methyl sites for hydroxylation is 1. The van der Waals surface area contributed by atoms with Gasteiger partial charge in [0, 0.05) is 44.2 Å². The molecule has 2 aliphatic heterocycles. The van der Waals surface area contributed by atoms with Crippen LogP contribution in [0.1, 0.15) is 25.5 Å². The van der Waals surface area contributed by atoms with Crippen molar-refractivity contribution in [2.45, 2.75) is 32.7 Å². The lowest BCUT2D eigenvalue weighted by molar-refractivity contribution is -0.138. The second kappa shape index (κ2) is 7.97. The van der Waals surface area contributed by atoms with Crippen LogP contribution in [0.15, 0.2) is 10.6 Å². The van der Waals surface area contributed by atoms with Gasteiger partial charge in [-0.05, 0) is 33.2 Å². The molecule has 0 saturated carbocycles. The van der Waals surface area contributed by atoms with Gasteiger partial charge in [-0.1, -0.05) is 5.16 Å². The summed E-state index contributed by atoms with van der Waals surface area (Å²) in [6, 6.07) is 2.10. The van der Waals surface area contributed by atoms with E-state index in [1.807, 2.05) is 4.90 Å². The van der Waals surface area contributed by atoms with E-state index in [9.17, 15) is 9.59 Å². The number of piperazine rings is 1. The molecule has 0 unspecified atom stereocenters. The van der Waals surface area contributed by atoms with Gasteiger partial charge in [0.2, 0.25) is 11.8 Å². The van der Waals surface area contributed by atoms with Gasteiger partial charge < -0.3 is 20.1 Å². The van der Waals surface area contributed by atoms with Gasteiger partial charge >= 0.3 is 0 Å². The van der Waals surface area contributed by atoms with Crippen LogP contribution in [0.4, 0.5) is 5.82 Å². The molecule has 2 atom stereocenters. The van der Waals surface area contributed by atoms with Gasteiger partial charge in [0.25, 0.3) is 0 Å². The van der Waals surface area contributed by atoms with Gasteiger partial charge in [0.05, 0.1) is 6.54 Å². The highest BCUT2D eigenvalue weighted by Gasteiger charge is 2.30. The average Bonchev–Trinajstić information content (AvgIpc) is 2.99. The molecule has 2 N–H and O–H groups in total. The van der Waals surface area contributed by atoms with E-state index in [0.717, 1.165) is 32.5 Å². The highest BCUT2D eigenvalue weighted by molar-refractivity contribution is 5.91. The molecule has 2 amide bonds. The molecule has 3 heterocycles. The summed E-state index contributed by atoms with van der Waals surface area (Å²) in [6.07, 6.45) is 1.83. The smallest absolute Gasteiger partial charge is 0.239 e. The molecule has 25 heavy (non-hydrogen) atoms. The molecule has 3 rings (SSSR count). The van der Waals surface area contributed by atoms with Gasteiger partial charge in [0.1, 0.15) is 5.76 Å². The molecule has 0 radical (unpaired) electrons. The normalized spacial score (nSPS) is 25.0. The largest absolute Gasteiger partial charge is 0.360 e. The van der Waals surface area contributed by atoms with E-state index in [4.69, 9.17) is 4.52 Å². The standard InChI is InChI=1S/C17H27N5O3/c1-12-9-14(3-4-18-12)17(24)22-7-5-21(6-8-22)11-16(23)19-15-10-13(2)25-20-15/h10,12,14,18H,3-9,11H2,1-2H3,(H,19,20,23)/t12-,14-/m0/s1. The molecule has 8 heteroatoms. The van der Waals surface area contributed by atoms with Crippen molar-refractivity contribution < 1.29 is 14.1 Å². The van der Waals surface area contributed by atoms with Crippen molar-refractivity contribution in [1.29, 1.82) is 0 Å². The quantitative estimate of drug-likeness (QED) is 0.820. The zero-order valence-electron chi connectivity index (χ0n) is 15.0. The Kier molecular flexibility index (Phi) is 5.70. The minimum absolute atomic E-state index is 0.111. The van der Waals surface area contributed by atoms with Crippen molar-refractivity contribution in [3.63, 3.8) is 0 Å². The number of hydrogen-bond donors (Lipinski definition) is 2. The molecule has 0 aliphatic carbocycles. The third-order valence-electron chi connectivity index (χ3n) is 4.92. The van der Waals surface area contributed by atoms with Crippen LogP contribution in [0.5, 0.6) is 0 Å². The van der Waals surface area contributed by atoms with Crippen molar-refractivity contribution in [3.8, 4) is 0 Å². The van der Waals surface area contributed by atoms with Crippen molar-refractivity contribution in [2.75, 3.05) is 44.6 Å². The van der Waals surface area contributed by atoms with E-state index in [1.54, 1.807) is 13.0 Å². The molecular formula is C17H27N5O3. The number of aromatic nitrogens is 1. The van der Waals surface area contributed by atoms with Crippen molar-refractivity contribution in [2.24, 2.45) is 5.92 Å². The van der Waals surface area contributed by atoms with Crippen LogP contribution in [0, 0.1) is 12.8 Å². The molecule has 8 nitrogen and oxygen atoms in total. The number of hydrogen-bond acceptors (Lipinski definition) is 6. The number of carbonyl (C=O) groups excluding carboxylic acids is 2. The van der Waals surface area contributed by atoms with Crippen LogP contribution in [0.25, 0.3) is 0 Å². The summed E-state index contributed by atoms with van der Waals surface area (Å²) < 4.78 is 4.93. The lowest BCUT2D eigenvalue weighted by Gasteiger charge is -2.37. The zero-order chi connectivity index (χ0) is 17.8. The SMILES string of the molecule is Cc1cc(NC(=O)CN2CCN(C(=O)[C@H]3CCN[C@@H](C)C3)CC2)no1. The third-order valence-corrected chi connectivity index (χ3v) is 4.92. The van der Waals surface area contributed by atoms with E-state index in [1.165, 1.54) is 0 Å². The van der Waals surface area contributed by atoms with Crippen molar-refractivity contribution in [1.82, 2.24) is 20.3 Å². The zero-order valence-corrected chi connectivity index (χ0v) is 15.0. The van der Waals surface area contributed by atoms with Crippen LogP contribution >= 0.6 is 0 Å². The number of nitrogens with one attached hydrogen (secondary N) is 2. The monoisotopic (exact) mass is 349 g/mol.